The van der Waals surface area contributed by atoms with Crippen molar-refractivity contribution in [2.24, 2.45) is 7.05 Å². The van der Waals surface area contributed by atoms with Crippen molar-refractivity contribution in [2.75, 3.05) is 11.5 Å². The van der Waals surface area contributed by atoms with Gasteiger partial charge in [0, 0.05) is 17.7 Å². The molecule has 1 unspecified atom stereocenters. The van der Waals surface area contributed by atoms with E-state index in [2.05, 4.69) is 22.2 Å². The molecule has 0 aliphatic carbocycles. The van der Waals surface area contributed by atoms with Gasteiger partial charge in [-0.2, -0.15) is 5.10 Å². The second-order valence-electron chi connectivity index (χ2n) is 4.46. The minimum absolute atomic E-state index is 0.00196. The summed E-state index contributed by atoms with van der Waals surface area (Å²) < 4.78 is 1.66. The van der Waals surface area contributed by atoms with Crippen LogP contribution in [0.15, 0.2) is 34.3 Å². The lowest BCUT2D eigenvalue weighted by Crippen LogP contribution is -2.02. The first-order valence-corrected chi connectivity index (χ1v) is 8.09. The summed E-state index contributed by atoms with van der Waals surface area (Å²) >= 11 is 3.01. The van der Waals surface area contributed by atoms with E-state index >= 15 is 0 Å². The zero-order chi connectivity index (χ0) is 14.1. The lowest BCUT2D eigenvalue weighted by molar-refractivity contribution is -0.133. The molecule has 0 bridgehead atoms. The van der Waals surface area contributed by atoms with Crippen molar-refractivity contribution in [3.8, 4) is 0 Å². The molecule has 1 aromatic heterocycles. The van der Waals surface area contributed by atoms with Gasteiger partial charge in [0.15, 0.2) is 11.0 Å². The molecule has 0 saturated heterocycles. The Morgan fingerprint density at radius 2 is 2.35 bits per heavy atom. The molecule has 1 atom stereocenters. The van der Waals surface area contributed by atoms with E-state index in [1.54, 1.807) is 11.7 Å². The van der Waals surface area contributed by atoms with Gasteiger partial charge in [-0.15, -0.1) is 11.8 Å². The number of aliphatic carboxylic acids is 1. The first-order valence-electron chi connectivity index (χ1n) is 6.12. The molecular weight excluding hydrogens is 294 g/mol. The summed E-state index contributed by atoms with van der Waals surface area (Å²) in [5.74, 6) is 1.06. The number of aromatic nitrogens is 3. The van der Waals surface area contributed by atoms with Crippen LogP contribution in [-0.2, 0) is 11.8 Å². The molecule has 0 spiro atoms. The average molecular weight is 307 g/mol. The van der Waals surface area contributed by atoms with Gasteiger partial charge in [0.25, 0.3) is 0 Å². The molecule has 1 aliphatic heterocycles. The van der Waals surface area contributed by atoms with Gasteiger partial charge in [-0.25, -0.2) is 9.67 Å². The third-order valence-electron chi connectivity index (χ3n) is 3.08. The molecule has 0 saturated carbocycles. The van der Waals surface area contributed by atoms with Crippen LogP contribution in [0.4, 0.5) is 0 Å². The van der Waals surface area contributed by atoms with Crippen LogP contribution in [0.5, 0.6) is 0 Å². The molecule has 7 heteroatoms. The highest BCUT2D eigenvalue weighted by atomic mass is 32.2. The van der Waals surface area contributed by atoms with E-state index < -0.39 is 5.97 Å². The number of carboxylic acids is 1. The minimum Gasteiger partial charge on any atom is -0.481 e. The van der Waals surface area contributed by atoms with Crippen molar-refractivity contribution in [3.63, 3.8) is 0 Å². The van der Waals surface area contributed by atoms with Gasteiger partial charge in [-0.3, -0.25) is 4.79 Å². The van der Waals surface area contributed by atoms with E-state index in [-0.39, 0.29) is 11.7 Å². The van der Waals surface area contributed by atoms with Crippen LogP contribution in [0.1, 0.15) is 17.3 Å². The maximum absolute atomic E-state index is 10.6. The van der Waals surface area contributed by atoms with Gasteiger partial charge in [0.1, 0.15) is 0 Å². The Labute approximate surface area is 124 Å². The summed E-state index contributed by atoms with van der Waals surface area (Å²) in [5.41, 5.74) is 1.26. The number of carboxylic acid groups (broad SMARTS) is 1. The standard InChI is InChI=1S/C13H13N3O2S2/c1-16-13(20-7-11(17)18)14-12(15-16)9-6-19-10-5-3-2-4-8(9)10/h2-5,9H,6-7H2,1H3,(H,17,18). The Kier molecular flexibility index (Phi) is 3.71. The third kappa shape index (κ3) is 2.55. The van der Waals surface area contributed by atoms with E-state index in [0.717, 1.165) is 11.6 Å². The van der Waals surface area contributed by atoms with Crippen LogP contribution in [0.2, 0.25) is 0 Å². The fourth-order valence-corrected chi connectivity index (χ4v) is 4.03. The van der Waals surface area contributed by atoms with Crippen molar-refractivity contribution >= 4 is 29.5 Å². The van der Waals surface area contributed by atoms with Crippen molar-refractivity contribution in [3.05, 3.63) is 35.7 Å². The van der Waals surface area contributed by atoms with Crippen molar-refractivity contribution in [2.45, 2.75) is 16.0 Å². The summed E-state index contributed by atoms with van der Waals surface area (Å²) in [6.07, 6.45) is 0. The number of hydrogen-bond acceptors (Lipinski definition) is 5. The molecule has 0 amide bonds. The molecule has 1 N–H and O–H groups in total. The predicted octanol–water partition coefficient (Wildman–Crippen LogP) is 2.23. The number of benzene rings is 1. The van der Waals surface area contributed by atoms with Crippen LogP contribution in [0.25, 0.3) is 0 Å². The van der Waals surface area contributed by atoms with Crippen LogP contribution < -0.4 is 0 Å². The monoisotopic (exact) mass is 307 g/mol. The van der Waals surface area contributed by atoms with Crippen LogP contribution in [0.3, 0.4) is 0 Å². The summed E-state index contributed by atoms with van der Waals surface area (Å²) in [5, 5.41) is 13.8. The normalized spacial score (nSPS) is 17.1. The Morgan fingerprint density at radius 1 is 1.55 bits per heavy atom. The Bertz CT molecular complexity index is 657. The molecule has 2 heterocycles. The number of hydrogen-bond donors (Lipinski definition) is 1. The van der Waals surface area contributed by atoms with Crippen molar-refractivity contribution in [1.82, 2.24) is 14.8 Å². The highest BCUT2D eigenvalue weighted by Gasteiger charge is 2.28. The first-order chi connectivity index (χ1) is 9.65. The summed E-state index contributed by atoms with van der Waals surface area (Å²) in [6, 6.07) is 8.29. The molecule has 2 aromatic rings. The van der Waals surface area contributed by atoms with Gasteiger partial charge in [0.2, 0.25) is 0 Å². The van der Waals surface area contributed by atoms with E-state index in [4.69, 9.17) is 5.11 Å². The second kappa shape index (κ2) is 5.49. The van der Waals surface area contributed by atoms with E-state index in [9.17, 15) is 4.79 Å². The molecular formula is C13H13N3O2S2. The lowest BCUT2D eigenvalue weighted by Gasteiger charge is -2.04. The molecule has 1 aliphatic rings. The number of carbonyl (C=O) groups is 1. The topological polar surface area (TPSA) is 68.0 Å². The molecule has 20 heavy (non-hydrogen) atoms. The molecule has 0 radical (unpaired) electrons. The van der Waals surface area contributed by atoms with E-state index in [1.807, 2.05) is 23.9 Å². The number of nitrogens with zero attached hydrogens (tertiary/aromatic N) is 3. The molecule has 3 rings (SSSR count). The molecule has 0 fully saturated rings. The number of fused-ring (bicyclic) bond motifs is 1. The lowest BCUT2D eigenvalue weighted by atomic mass is 10.0. The van der Waals surface area contributed by atoms with Crippen LogP contribution in [0, 0.1) is 0 Å². The predicted molar refractivity (Wildman–Crippen MR) is 78.4 cm³/mol. The zero-order valence-electron chi connectivity index (χ0n) is 10.8. The summed E-state index contributed by atoms with van der Waals surface area (Å²) in [4.78, 5) is 16.4. The smallest absolute Gasteiger partial charge is 0.313 e. The maximum Gasteiger partial charge on any atom is 0.313 e. The number of aryl methyl sites for hydroxylation is 1. The van der Waals surface area contributed by atoms with E-state index in [0.29, 0.717) is 5.16 Å². The summed E-state index contributed by atoms with van der Waals surface area (Å²) in [7, 11) is 1.80. The molecule has 104 valence electrons. The SMILES string of the molecule is Cn1nc(C2CSc3ccccc32)nc1SCC(=O)O. The van der Waals surface area contributed by atoms with Crippen LogP contribution in [-0.4, -0.2) is 37.3 Å². The fourth-order valence-electron chi connectivity index (χ4n) is 2.17. The van der Waals surface area contributed by atoms with Crippen molar-refractivity contribution < 1.29 is 9.90 Å². The largest absolute Gasteiger partial charge is 0.481 e. The molecule has 5 nitrogen and oxygen atoms in total. The highest BCUT2D eigenvalue weighted by Crippen LogP contribution is 2.42. The Hall–Kier alpha value is -1.47. The third-order valence-corrected chi connectivity index (χ3v) is 5.26. The zero-order valence-corrected chi connectivity index (χ0v) is 12.4. The van der Waals surface area contributed by atoms with Crippen molar-refractivity contribution in [1.29, 1.82) is 0 Å². The second-order valence-corrected chi connectivity index (χ2v) is 6.46. The average Bonchev–Trinajstić information content (AvgIpc) is 3.00. The van der Waals surface area contributed by atoms with Gasteiger partial charge in [-0.05, 0) is 11.6 Å². The maximum atomic E-state index is 10.6. The highest BCUT2D eigenvalue weighted by molar-refractivity contribution is 8.00. The minimum atomic E-state index is -0.846. The van der Waals surface area contributed by atoms with Gasteiger partial charge in [-0.1, -0.05) is 30.0 Å². The van der Waals surface area contributed by atoms with Gasteiger partial charge < -0.3 is 5.11 Å². The Morgan fingerprint density at radius 3 is 3.15 bits per heavy atom. The quantitative estimate of drug-likeness (QED) is 0.874. The Balaban J connectivity index is 1.85. The first kappa shape index (κ1) is 13.5. The van der Waals surface area contributed by atoms with Crippen LogP contribution >= 0.6 is 23.5 Å². The van der Waals surface area contributed by atoms with Gasteiger partial charge >= 0.3 is 5.97 Å². The number of rotatable bonds is 4. The summed E-state index contributed by atoms with van der Waals surface area (Å²) in [6.45, 7) is 0. The van der Waals surface area contributed by atoms with Gasteiger partial charge in [0.05, 0.1) is 11.7 Å². The fraction of sp³-hybridized carbons (Fsp3) is 0.308. The van der Waals surface area contributed by atoms with E-state index in [1.165, 1.54) is 22.2 Å². The number of thioether (sulfide) groups is 2. The molecule has 1 aromatic carbocycles.